The van der Waals surface area contributed by atoms with Crippen LogP contribution in [0.4, 0.5) is 14.5 Å². The van der Waals surface area contributed by atoms with Crippen molar-refractivity contribution in [3.05, 3.63) is 29.3 Å². The molecule has 0 aromatic heterocycles. The largest absolute Gasteiger partial charge is 0.396 e. The minimum absolute atomic E-state index is 0.0216. The molecule has 2 amide bonds. The SMILES string of the molecule is CNC(=O)CCNC(=O)c1c(F)ccc(N)c1F. The monoisotopic (exact) mass is 257 g/mol. The summed E-state index contributed by atoms with van der Waals surface area (Å²) in [6, 6.07) is 1.94. The van der Waals surface area contributed by atoms with Crippen molar-refractivity contribution in [1.29, 1.82) is 0 Å². The number of carbonyl (C=O) groups is 2. The third kappa shape index (κ3) is 3.16. The van der Waals surface area contributed by atoms with Gasteiger partial charge in [-0.25, -0.2) is 8.78 Å². The Hall–Kier alpha value is -2.18. The molecular weight excluding hydrogens is 244 g/mol. The summed E-state index contributed by atoms with van der Waals surface area (Å²) >= 11 is 0. The second-order valence-corrected chi connectivity index (χ2v) is 3.50. The van der Waals surface area contributed by atoms with Gasteiger partial charge in [0.15, 0.2) is 5.82 Å². The van der Waals surface area contributed by atoms with Gasteiger partial charge in [0, 0.05) is 20.0 Å². The van der Waals surface area contributed by atoms with Gasteiger partial charge >= 0.3 is 0 Å². The van der Waals surface area contributed by atoms with Crippen LogP contribution in [0.5, 0.6) is 0 Å². The summed E-state index contributed by atoms with van der Waals surface area (Å²) in [6.07, 6.45) is 0.0216. The van der Waals surface area contributed by atoms with Gasteiger partial charge in [-0.1, -0.05) is 0 Å². The first-order valence-corrected chi connectivity index (χ1v) is 5.19. The normalized spacial score (nSPS) is 9.94. The third-order valence-corrected chi connectivity index (χ3v) is 2.26. The lowest BCUT2D eigenvalue weighted by molar-refractivity contribution is -0.120. The molecule has 7 heteroatoms. The van der Waals surface area contributed by atoms with Crippen molar-refractivity contribution < 1.29 is 18.4 Å². The lowest BCUT2D eigenvalue weighted by atomic mass is 10.1. The van der Waals surface area contributed by atoms with Crippen LogP contribution in [-0.2, 0) is 4.79 Å². The summed E-state index contributed by atoms with van der Waals surface area (Å²) in [5.41, 5.74) is 4.18. The maximum Gasteiger partial charge on any atom is 0.257 e. The molecule has 1 aromatic carbocycles. The van der Waals surface area contributed by atoms with Crippen LogP contribution in [0.1, 0.15) is 16.8 Å². The van der Waals surface area contributed by atoms with Gasteiger partial charge < -0.3 is 16.4 Å². The fraction of sp³-hybridized carbons (Fsp3) is 0.273. The zero-order valence-corrected chi connectivity index (χ0v) is 9.72. The van der Waals surface area contributed by atoms with Crippen molar-refractivity contribution in [3.8, 4) is 0 Å². The first-order chi connectivity index (χ1) is 8.47. The Morgan fingerprint density at radius 1 is 1.33 bits per heavy atom. The van der Waals surface area contributed by atoms with E-state index in [4.69, 9.17) is 5.73 Å². The molecule has 0 bridgehead atoms. The van der Waals surface area contributed by atoms with E-state index in [2.05, 4.69) is 10.6 Å². The van der Waals surface area contributed by atoms with Crippen molar-refractivity contribution in [2.24, 2.45) is 0 Å². The quantitative estimate of drug-likeness (QED) is 0.683. The highest BCUT2D eigenvalue weighted by atomic mass is 19.1. The van der Waals surface area contributed by atoms with Crippen LogP contribution in [-0.4, -0.2) is 25.4 Å². The number of hydrogen-bond donors (Lipinski definition) is 3. The van der Waals surface area contributed by atoms with Crippen LogP contribution < -0.4 is 16.4 Å². The van der Waals surface area contributed by atoms with Crippen molar-refractivity contribution in [3.63, 3.8) is 0 Å². The number of nitrogen functional groups attached to an aromatic ring is 1. The van der Waals surface area contributed by atoms with E-state index in [1.165, 1.54) is 7.05 Å². The molecule has 0 unspecified atom stereocenters. The Labute approximate surface area is 102 Å². The minimum Gasteiger partial charge on any atom is -0.396 e. The van der Waals surface area contributed by atoms with E-state index in [0.717, 1.165) is 12.1 Å². The van der Waals surface area contributed by atoms with Crippen LogP contribution in [0.3, 0.4) is 0 Å². The zero-order chi connectivity index (χ0) is 13.7. The van der Waals surface area contributed by atoms with E-state index >= 15 is 0 Å². The molecular formula is C11H13F2N3O2. The van der Waals surface area contributed by atoms with E-state index in [-0.39, 0.29) is 24.6 Å². The van der Waals surface area contributed by atoms with Gasteiger partial charge in [0.2, 0.25) is 5.91 Å². The first-order valence-electron chi connectivity index (χ1n) is 5.19. The minimum atomic E-state index is -1.10. The van der Waals surface area contributed by atoms with E-state index in [0.29, 0.717) is 0 Å². The Morgan fingerprint density at radius 2 is 2.00 bits per heavy atom. The number of carbonyl (C=O) groups excluding carboxylic acids is 2. The number of nitrogens with one attached hydrogen (secondary N) is 2. The highest BCUT2D eigenvalue weighted by molar-refractivity contribution is 5.95. The molecule has 0 aliphatic heterocycles. The predicted octanol–water partition coefficient (Wildman–Crippen LogP) is 0.413. The van der Waals surface area contributed by atoms with Crippen LogP contribution in [0.25, 0.3) is 0 Å². The second kappa shape index (κ2) is 5.95. The highest BCUT2D eigenvalue weighted by Crippen LogP contribution is 2.18. The van der Waals surface area contributed by atoms with Crippen LogP contribution in [0.2, 0.25) is 0 Å². The van der Waals surface area contributed by atoms with E-state index in [1.807, 2.05) is 0 Å². The second-order valence-electron chi connectivity index (χ2n) is 3.50. The fourth-order valence-corrected chi connectivity index (χ4v) is 1.28. The fourth-order valence-electron chi connectivity index (χ4n) is 1.28. The van der Waals surface area contributed by atoms with Gasteiger partial charge in [0.25, 0.3) is 5.91 Å². The third-order valence-electron chi connectivity index (χ3n) is 2.26. The number of anilines is 1. The van der Waals surface area contributed by atoms with E-state index in [9.17, 15) is 18.4 Å². The Balaban J connectivity index is 2.73. The standard InChI is InChI=1S/C11H13F2N3O2/c1-15-8(17)4-5-16-11(18)9-6(12)2-3-7(14)10(9)13/h2-3H,4-5,14H2,1H3,(H,15,17)(H,16,18). The lowest BCUT2D eigenvalue weighted by Gasteiger charge is -2.08. The molecule has 0 heterocycles. The van der Waals surface area contributed by atoms with Gasteiger partial charge in [-0.3, -0.25) is 9.59 Å². The number of benzene rings is 1. The van der Waals surface area contributed by atoms with Crippen molar-refractivity contribution in [2.45, 2.75) is 6.42 Å². The molecule has 4 N–H and O–H groups in total. The summed E-state index contributed by atoms with van der Waals surface area (Å²) in [5.74, 6) is -3.34. The number of rotatable bonds is 4. The lowest BCUT2D eigenvalue weighted by Crippen LogP contribution is -2.30. The number of hydrogen-bond acceptors (Lipinski definition) is 3. The van der Waals surface area contributed by atoms with Crippen molar-refractivity contribution in [1.82, 2.24) is 10.6 Å². The van der Waals surface area contributed by atoms with Crippen LogP contribution in [0, 0.1) is 11.6 Å². The maximum absolute atomic E-state index is 13.5. The molecule has 0 aliphatic rings. The molecule has 0 radical (unpaired) electrons. The average Bonchev–Trinajstić information content (AvgIpc) is 2.34. The molecule has 0 aliphatic carbocycles. The number of amides is 2. The van der Waals surface area contributed by atoms with Gasteiger partial charge in [0.05, 0.1) is 5.69 Å². The van der Waals surface area contributed by atoms with Crippen molar-refractivity contribution >= 4 is 17.5 Å². The summed E-state index contributed by atoms with van der Waals surface area (Å²) in [7, 11) is 1.45. The molecule has 1 aromatic rings. The summed E-state index contributed by atoms with van der Waals surface area (Å²) < 4.78 is 26.8. The summed E-state index contributed by atoms with van der Waals surface area (Å²) in [5, 5.41) is 4.59. The van der Waals surface area contributed by atoms with Gasteiger partial charge in [-0.2, -0.15) is 0 Å². The number of nitrogens with two attached hydrogens (primary N) is 1. The molecule has 0 fully saturated rings. The van der Waals surface area contributed by atoms with Gasteiger partial charge in [-0.05, 0) is 12.1 Å². The van der Waals surface area contributed by atoms with Gasteiger partial charge in [0.1, 0.15) is 11.4 Å². The smallest absolute Gasteiger partial charge is 0.257 e. The Bertz CT molecular complexity index is 478. The first kappa shape index (κ1) is 13.9. The Kier molecular flexibility index (Phi) is 4.59. The van der Waals surface area contributed by atoms with Crippen LogP contribution >= 0.6 is 0 Å². The number of halogens is 2. The molecule has 1 rings (SSSR count). The predicted molar refractivity (Wildman–Crippen MR) is 61.8 cm³/mol. The van der Waals surface area contributed by atoms with Crippen molar-refractivity contribution in [2.75, 3.05) is 19.3 Å². The van der Waals surface area contributed by atoms with E-state index in [1.54, 1.807) is 0 Å². The summed E-state index contributed by atoms with van der Waals surface area (Å²) in [4.78, 5) is 22.4. The average molecular weight is 257 g/mol. The van der Waals surface area contributed by atoms with Crippen LogP contribution in [0.15, 0.2) is 12.1 Å². The molecule has 0 spiro atoms. The molecule has 5 nitrogen and oxygen atoms in total. The Morgan fingerprint density at radius 3 is 2.61 bits per heavy atom. The maximum atomic E-state index is 13.5. The zero-order valence-electron chi connectivity index (χ0n) is 9.72. The molecule has 18 heavy (non-hydrogen) atoms. The molecule has 0 atom stereocenters. The highest BCUT2D eigenvalue weighted by Gasteiger charge is 2.19. The topological polar surface area (TPSA) is 84.2 Å². The molecule has 0 saturated heterocycles. The van der Waals surface area contributed by atoms with E-state index < -0.39 is 23.1 Å². The molecule has 0 saturated carbocycles. The molecule has 98 valence electrons. The summed E-state index contributed by atoms with van der Waals surface area (Å²) in [6.45, 7) is -0.0216. The van der Waals surface area contributed by atoms with Gasteiger partial charge in [-0.15, -0.1) is 0 Å².